The molecule has 0 atom stereocenters. The van der Waals surface area contributed by atoms with Gasteiger partial charge in [0.1, 0.15) is 5.84 Å². The second-order valence-electron chi connectivity index (χ2n) is 4.39. The zero-order valence-electron chi connectivity index (χ0n) is 11.0. The van der Waals surface area contributed by atoms with Crippen LogP contribution in [0.15, 0.2) is 18.2 Å². The quantitative estimate of drug-likeness (QED) is 0.616. The fraction of sp³-hybridized carbons (Fsp3) is 0.462. The zero-order chi connectivity index (χ0) is 13.7. The molecule has 3 N–H and O–H groups in total. The minimum Gasteiger partial charge on any atom is -0.384 e. The second kappa shape index (κ2) is 6.61. The summed E-state index contributed by atoms with van der Waals surface area (Å²) < 4.78 is 5.50. The van der Waals surface area contributed by atoms with Crippen molar-refractivity contribution < 1.29 is 4.74 Å². The van der Waals surface area contributed by atoms with Crippen molar-refractivity contribution >= 4 is 23.1 Å². The number of rotatable bonds is 6. The summed E-state index contributed by atoms with van der Waals surface area (Å²) in [5.41, 5.74) is 7.00. The number of nitrogens with one attached hydrogen (secondary N) is 1. The van der Waals surface area contributed by atoms with Gasteiger partial charge in [0.2, 0.25) is 0 Å². The Balaban J connectivity index is 2.82. The van der Waals surface area contributed by atoms with Gasteiger partial charge < -0.3 is 15.4 Å². The number of hydrogen-bond acceptors (Lipinski definition) is 3. The molecule has 0 aliphatic rings. The van der Waals surface area contributed by atoms with Crippen LogP contribution in [-0.4, -0.2) is 32.1 Å². The van der Waals surface area contributed by atoms with Crippen LogP contribution in [0.3, 0.4) is 0 Å². The minimum atomic E-state index is -0.0211. The Labute approximate surface area is 113 Å². The van der Waals surface area contributed by atoms with Crippen LogP contribution in [-0.2, 0) is 4.74 Å². The predicted molar refractivity (Wildman–Crippen MR) is 76.8 cm³/mol. The lowest BCUT2D eigenvalue weighted by atomic mass is 10.1. The molecule has 1 aromatic carbocycles. The summed E-state index contributed by atoms with van der Waals surface area (Å²) in [5.74, 6) is -0.0211. The fourth-order valence-corrected chi connectivity index (χ4v) is 1.91. The molecule has 5 heteroatoms. The number of nitrogen functional groups attached to an aromatic ring is 1. The van der Waals surface area contributed by atoms with E-state index in [9.17, 15) is 0 Å². The molecule has 0 radical (unpaired) electrons. The van der Waals surface area contributed by atoms with E-state index in [0.717, 1.165) is 12.2 Å². The first kappa shape index (κ1) is 14.8. The van der Waals surface area contributed by atoms with Gasteiger partial charge in [-0.3, -0.25) is 5.41 Å². The number of benzene rings is 1. The minimum absolute atomic E-state index is 0.0211. The maximum absolute atomic E-state index is 7.59. The van der Waals surface area contributed by atoms with Gasteiger partial charge in [-0.15, -0.1) is 0 Å². The van der Waals surface area contributed by atoms with E-state index < -0.39 is 0 Å². The number of anilines is 1. The summed E-state index contributed by atoms with van der Waals surface area (Å²) in [7, 11) is 1.93. The van der Waals surface area contributed by atoms with Gasteiger partial charge in [-0.25, -0.2) is 0 Å². The van der Waals surface area contributed by atoms with Gasteiger partial charge in [-0.1, -0.05) is 17.7 Å². The molecule has 0 heterocycles. The predicted octanol–water partition coefficient (Wildman–Crippen LogP) is 2.49. The SMILES string of the molecule is CC(C)OCCN(C)c1cccc(Cl)c1C(=N)N. The molecule has 0 unspecified atom stereocenters. The van der Waals surface area contributed by atoms with Crippen molar-refractivity contribution in [3.05, 3.63) is 28.8 Å². The van der Waals surface area contributed by atoms with E-state index in [-0.39, 0.29) is 11.9 Å². The monoisotopic (exact) mass is 269 g/mol. The topological polar surface area (TPSA) is 62.3 Å². The first-order valence-corrected chi connectivity index (χ1v) is 6.27. The van der Waals surface area contributed by atoms with E-state index in [1.807, 2.05) is 37.9 Å². The Morgan fingerprint density at radius 3 is 2.72 bits per heavy atom. The number of halogens is 1. The van der Waals surface area contributed by atoms with Crippen molar-refractivity contribution in [3.63, 3.8) is 0 Å². The Morgan fingerprint density at radius 1 is 1.50 bits per heavy atom. The summed E-state index contributed by atoms with van der Waals surface area (Å²) >= 11 is 6.07. The van der Waals surface area contributed by atoms with Crippen LogP contribution in [0.2, 0.25) is 5.02 Å². The third-order valence-corrected chi connectivity index (χ3v) is 2.87. The Bertz CT molecular complexity index is 421. The standard InChI is InChI=1S/C13H20ClN3O/c1-9(2)18-8-7-17(3)11-6-4-5-10(14)12(11)13(15)16/h4-6,9H,7-8H2,1-3H3,(H3,15,16). The number of hydrogen-bond donors (Lipinski definition) is 2. The largest absolute Gasteiger partial charge is 0.384 e. The second-order valence-corrected chi connectivity index (χ2v) is 4.80. The van der Waals surface area contributed by atoms with E-state index in [0.29, 0.717) is 17.2 Å². The smallest absolute Gasteiger partial charge is 0.126 e. The van der Waals surface area contributed by atoms with Gasteiger partial charge in [-0.05, 0) is 26.0 Å². The van der Waals surface area contributed by atoms with Crippen LogP contribution in [0, 0.1) is 5.41 Å². The summed E-state index contributed by atoms with van der Waals surface area (Å²) in [6, 6.07) is 5.49. The molecule has 0 saturated carbocycles. The van der Waals surface area contributed by atoms with Crippen LogP contribution in [0.1, 0.15) is 19.4 Å². The van der Waals surface area contributed by atoms with Gasteiger partial charge in [0.05, 0.1) is 23.3 Å². The van der Waals surface area contributed by atoms with E-state index in [1.54, 1.807) is 6.07 Å². The Kier molecular flexibility index (Phi) is 5.44. The molecule has 0 bridgehead atoms. The lowest BCUT2D eigenvalue weighted by molar-refractivity contribution is 0.0846. The normalized spacial score (nSPS) is 10.7. The van der Waals surface area contributed by atoms with Gasteiger partial charge in [0, 0.05) is 19.3 Å². The average molecular weight is 270 g/mol. The van der Waals surface area contributed by atoms with Crippen LogP contribution < -0.4 is 10.6 Å². The summed E-state index contributed by atoms with van der Waals surface area (Å²) in [5, 5.41) is 8.09. The molecule has 4 nitrogen and oxygen atoms in total. The average Bonchev–Trinajstić information content (AvgIpc) is 2.27. The van der Waals surface area contributed by atoms with Gasteiger partial charge in [-0.2, -0.15) is 0 Å². The molecular formula is C13H20ClN3O. The molecule has 1 rings (SSSR count). The van der Waals surface area contributed by atoms with Crippen LogP contribution in [0.5, 0.6) is 0 Å². The molecule has 0 aromatic heterocycles. The molecule has 0 aliphatic carbocycles. The maximum Gasteiger partial charge on any atom is 0.126 e. The van der Waals surface area contributed by atoms with Gasteiger partial charge >= 0.3 is 0 Å². The highest BCUT2D eigenvalue weighted by Crippen LogP contribution is 2.26. The van der Waals surface area contributed by atoms with E-state index in [4.69, 9.17) is 27.5 Å². The Hall–Kier alpha value is -1.26. The number of ether oxygens (including phenoxy) is 1. The first-order valence-electron chi connectivity index (χ1n) is 5.89. The van der Waals surface area contributed by atoms with Crippen LogP contribution >= 0.6 is 11.6 Å². The highest BCUT2D eigenvalue weighted by atomic mass is 35.5. The summed E-state index contributed by atoms with van der Waals surface area (Å²) in [6.45, 7) is 5.34. The maximum atomic E-state index is 7.59. The molecule has 0 spiro atoms. The first-order chi connectivity index (χ1) is 8.43. The van der Waals surface area contributed by atoms with Crippen molar-refractivity contribution in [3.8, 4) is 0 Å². The van der Waals surface area contributed by atoms with Gasteiger partial charge in [0.25, 0.3) is 0 Å². The van der Waals surface area contributed by atoms with E-state index in [2.05, 4.69) is 0 Å². The third-order valence-electron chi connectivity index (χ3n) is 2.55. The fourth-order valence-electron chi connectivity index (χ4n) is 1.64. The van der Waals surface area contributed by atoms with Crippen molar-refractivity contribution in [1.29, 1.82) is 5.41 Å². The lowest BCUT2D eigenvalue weighted by Crippen LogP contribution is -2.27. The van der Waals surface area contributed by atoms with E-state index in [1.165, 1.54) is 0 Å². The number of nitrogens with two attached hydrogens (primary N) is 1. The Morgan fingerprint density at radius 2 is 2.17 bits per heavy atom. The van der Waals surface area contributed by atoms with Crippen molar-refractivity contribution in [2.75, 3.05) is 25.1 Å². The molecule has 18 heavy (non-hydrogen) atoms. The summed E-state index contributed by atoms with van der Waals surface area (Å²) in [6.07, 6.45) is 0.213. The number of nitrogens with zero attached hydrogens (tertiary/aromatic N) is 1. The van der Waals surface area contributed by atoms with Crippen LogP contribution in [0.4, 0.5) is 5.69 Å². The van der Waals surface area contributed by atoms with Crippen molar-refractivity contribution in [2.45, 2.75) is 20.0 Å². The molecular weight excluding hydrogens is 250 g/mol. The highest BCUT2D eigenvalue weighted by Gasteiger charge is 2.13. The van der Waals surface area contributed by atoms with Gasteiger partial charge in [0.15, 0.2) is 0 Å². The molecule has 1 aromatic rings. The molecule has 0 saturated heterocycles. The highest BCUT2D eigenvalue weighted by molar-refractivity contribution is 6.34. The van der Waals surface area contributed by atoms with Crippen molar-refractivity contribution in [1.82, 2.24) is 0 Å². The van der Waals surface area contributed by atoms with Crippen molar-refractivity contribution in [2.24, 2.45) is 5.73 Å². The number of likely N-dealkylation sites (N-methyl/N-ethyl adjacent to an activating group) is 1. The molecule has 100 valence electrons. The zero-order valence-corrected chi connectivity index (χ0v) is 11.8. The lowest BCUT2D eigenvalue weighted by Gasteiger charge is -2.23. The molecule has 0 amide bonds. The van der Waals surface area contributed by atoms with Crippen LogP contribution in [0.25, 0.3) is 0 Å². The number of amidine groups is 1. The molecule has 0 aliphatic heterocycles. The third kappa shape index (κ3) is 3.89. The van der Waals surface area contributed by atoms with E-state index >= 15 is 0 Å². The summed E-state index contributed by atoms with van der Waals surface area (Å²) in [4.78, 5) is 1.99. The molecule has 0 fully saturated rings.